The number of halogens is 3. The highest BCUT2D eigenvalue weighted by atomic mass is 79.9. The van der Waals surface area contributed by atoms with Crippen molar-refractivity contribution in [2.75, 3.05) is 12.4 Å². The van der Waals surface area contributed by atoms with E-state index >= 15 is 0 Å². The summed E-state index contributed by atoms with van der Waals surface area (Å²) in [5.41, 5.74) is 0.236. The maximum Gasteiger partial charge on any atom is 0.232 e. The van der Waals surface area contributed by atoms with Crippen molar-refractivity contribution in [2.45, 2.75) is 35.3 Å². The standard InChI is InChI=1S/C17H20Br3NO2/c1-15(2)16(13(19)20)8-9-17(15,12(16)18)14(22)21-10-6-4-5-7-11(10)23-3/h4-7,12-13H,8-9H2,1-3H3,(H,21,22)/t12-,16+,17-/m1/s1. The van der Waals surface area contributed by atoms with Gasteiger partial charge in [0.2, 0.25) is 5.91 Å². The first-order valence-electron chi connectivity index (χ1n) is 7.62. The molecule has 2 bridgehead atoms. The highest BCUT2D eigenvalue weighted by Gasteiger charge is 2.83. The van der Waals surface area contributed by atoms with Crippen LogP contribution >= 0.6 is 47.8 Å². The number of benzene rings is 1. The summed E-state index contributed by atoms with van der Waals surface area (Å²) >= 11 is 11.3. The van der Waals surface area contributed by atoms with Gasteiger partial charge in [0.1, 0.15) is 5.75 Å². The van der Waals surface area contributed by atoms with E-state index < -0.39 is 5.41 Å². The van der Waals surface area contributed by atoms with Gasteiger partial charge >= 0.3 is 0 Å². The van der Waals surface area contributed by atoms with Gasteiger partial charge in [0.15, 0.2) is 0 Å². The molecule has 0 saturated heterocycles. The monoisotopic (exact) mass is 507 g/mol. The van der Waals surface area contributed by atoms with Gasteiger partial charge in [-0.2, -0.15) is 0 Å². The molecule has 3 aliphatic rings. The van der Waals surface area contributed by atoms with Crippen LogP contribution in [-0.2, 0) is 4.79 Å². The third-order valence-electron chi connectivity index (χ3n) is 6.25. The lowest BCUT2D eigenvalue weighted by Gasteiger charge is -2.66. The minimum absolute atomic E-state index is 0.0329. The summed E-state index contributed by atoms with van der Waals surface area (Å²) in [5, 5.41) is 3.10. The first-order valence-corrected chi connectivity index (χ1v) is 10.4. The number of amides is 1. The Labute approximate surface area is 162 Å². The van der Waals surface area contributed by atoms with Crippen molar-refractivity contribution in [1.82, 2.24) is 0 Å². The van der Waals surface area contributed by atoms with Crippen LogP contribution in [0.4, 0.5) is 5.69 Å². The zero-order valence-corrected chi connectivity index (χ0v) is 18.1. The van der Waals surface area contributed by atoms with Gasteiger partial charge < -0.3 is 10.1 Å². The second-order valence-electron chi connectivity index (χ2n) is 6.95. The molecule has 0 aromatic heterocycles. The number of methoxy groups -OCH3 is 1. The highest BCUT2D eigenvalue weighted by Crippen LogP contribution is 2.82. The molecule has 0 unspecified atom stereocenters. The van der Waals surface area contributed by atoms with Crippen LogP contribution in [0.5, 0.6) is 5.75 Å². The number of nitrogens with one attached hydrogen (secondary N) is 1. The van der Waals surface area contributed by atoms with Gasteiger partial charge in [0, 0.05) is 10.2 Å². The molecular weight excluding hydrogens is 490 g/mol. The zero-order valence-electron chi connectivity index (χ0n) is 13.3. The second-order valence-corrected chi connectivity index (χ2v) is 10.9. The minimum atomic E-state index is -0.409. The van der Waals surface area contributed by atoms with Crippen LogP contribution in [0.2, 0.25) is 0 Å². The van der Waals surface area contributed by atoms with Crippen LogP contribution in [0, 0.1) is 16.2 Å². The normalized spacial score (nSPS) is 34.1. The number of para-hydroxylation sites is 2. The highest BCUT2D eigenvalue weighted by molar-refractivity contribution is 9.24. The Kier molecular flexibility index (Phi) is 4.42. The number of carbonyl (C=O) groups excluding carboxylic acids is 1. The molecule has 3 aliphatic carbocycles. The van der Waals surface area contributed by atoms with Crippen LogP contribution in [0.1, 0.15) is 26.7 Å². The Morgan fingerprint density at radius 2 is 1.96 bits per heavy atom. The Bertz CT molecular complexity index is 648. The SMILES string of the molecule is COc1ccccc1NC(=O)[C@@]12CC[C@@](C(Br)Br)([C@H]1Br)C2(C)C. The summed E-state index contributed by atoms with van der Waals surface area (Å²) in [6.07, 6.45) is 1.89. The summed E-state index contributed by atoms with van der Waals surface area (Å²) in [7, 11) is 1.62. The molecular formula is C17H20Br3NO2. The molecule has 3 nitrogen and oxygen atoms in total. The van der Waals surface area contributed by atoms with Crippen molar-refractivity contribution in [3.8, 4) is 5.75 Å². The first kappa shape index (κ1) is 17.7. The van der Waals surface area contributed by atoms with Crippen LogP contribution in [-0.4, -0.2) is 21.6 Å². The number of fused-ring (bicyclic) bond motifs is 1. The summed E-state index contributed by atoms with van der Waals surface area (Å²) < 4.78 is 5.53. The van der Waals surface area contributed by atoms with Gasteiger partial charge in [-0.1, -0.05) is 73.8 Å². The van der Waals surface area contributed by atoms with Crippen molar-refractivity contribution in [1.29, 1.82) is 0 Å². The number of hydrogen-bond acceptors (Lipinski definition) is 2. The van der Waals surface area contributed by atoms with Crippen molar-refractivity contribution < 1.29 is 9.53 Å². The summed E-state index contributed by atoms with van der Waals surface area (Å²) in [6, 6.07) is 7.53. The predicted molar refractivity (Wildman–Crippen MR) is 104 cm³/mol. The summed E-state index contributed by atoms with van der Waals surface area (Å²) in [6.45, 7) is 4.41. The fraction of sp³-hybridized carbons (Fsp3) is 0.588. The molecule has 4 rings (SSSR count). The molecule has 0 spiro atoms. The number of hydrogen-bond donors (Lipinski definition) is 1. The van der Waals surface area contributed by atoms with E-state index in [4.69, 9.17) is 4.74 Å². The lowest BCUT2D eigenvalue weighted by Crippen LogP contribution is -2.71. The summed E-state index contributed by atoms with van der Waals surface area (Å²) in [4.78, 5) is 13.3. The van der Waals surface area contributed by atoms with E-state index in [-0.39, 0.29) is 25.3 Å². The van der Waals surface area contributed by atoms with Crippen LogP contribution in [0.3, 0.4) is 0 Å². The molecule has 6 heteroatoms. The average Bonchev–Trinajstić information content (AvgIpc) is 2.97. The van der Waals surface area contributed by atoms with E-state index in [0.717, 1.165) is 18.5 Å². The lowest BCUT2D eigenvalue weighted by molar-refractivity contribution is -0.155. The number of carbonyl (C=O) groups is 1. The van der Waals surface area contributed by atoms with Gasteiger partial charge in [-0.25, -0.2) is 0 Å². The van der Waals surface area contributed by atoms with E-state index in [1.54, 1.807) is 7.11 Å². The average molecular weight is 510 g/mol. The molecule has 3 fully saturated rings. The molecule has 1 N–H and O–H groups in total. The van der Waals surface area contributed by atoms with E-state index in [9.17, 15) is 4.79 Å². The first-order chi connectivity index (χ1) is 10.8. The molecule has 1 amide bonds. The van der Waals surface area contributed by atoms with E-state index in [0.29, 0.717) is 5.75 Å². The van der Waals surface area contributed by atoms with Gasteiger partial charge in [0.05, 0.1) is 21.9 Å². The van der Waals surface area contributed by atoms with E-state index in [1.165, 1.54) is 0 Å². The van der Waals surface area contributed by atoms with Crippen molar-refractivity contribution in [2.24, 2.45) is 16.2 Å². The van der Waals surface area contributed by atoms with Crippen molar-refractivity contribution in [3.05, 3.63) is 24.3 Å². The Morgan fingerprint density at radius 3 is 2.48 bits per heavy atom. The predicted octanol–water partition coefficient (Wildman–Crippen LogP) is 5.32. The van der Waals surface area contributed by atoms with E-state index in [1.807, 2.05) is 24.3 Å². The smallest absolute Gasteiger partial charge is 0.232 e. The zero-order chi connectivity index (χ0) is 17.0. The molecule has 0 heterocycles. The number of alkyl halides is 3. The second kappa shape index (κ2) is 5.73. The maximum absolute atomic E-state index is 13.2. The maximum atomic E-state index is 13.2. The molecule has 1 aromatic rings. The molecule has 3 saturated carbocycles. The van der Waals surface area contributed by atoms with Crippen molar-refractivity contribution in [3.63, 3.8) is 0 Å². The Morgan fingerprint density at radius 1 is 1.30 bits per heavy atom. The largest absolute Gasteiger partial charge is 0.495 e. The molecule has 0 aliphatic heterocycles. The fourth-order valence-corrected chi connectivity index (χ4v) is 9.60. The van der Waals surface area contributed by atoms with Crippen LogP contribution in [0.15, 0.2) is 24.3 Å². The molecule has 126 valence electrons. The molecule has 1 aromatic carbocycles. The fourth-order valence-electron chi connectivity index (χ4n) is 4.68. The number of ether oxygens (including phenoxy) is 1. The van der Waals surface area contributed by atoms with Gasteiger partial charge in [-0.15, -0.1) is 0 Å². The third kappa shape index (κ3) is 2.00. The summed E-state index contributed by atoms with van der Waals surface area (Å²) in [5.74, 6) is 0.756. The lowest BCUT2D eigenvalue weighted by atomic mass is 9.43. The molecule has 3 atom stereocenters. The van der Waals surface area contributed by atoms with Crippen molar-refractivity contribution >= 4 is 59.4 Å². The van der Waals surface area contributed by atoms with Crippen LogP contribution in [0.25, 0.3) is 0 Å². The quantitative estimate of drug-likeness (QED) is 0.558. The topological polar surface area (TPSA) is 38.3 Å². The molecule has 0 radical (unpaired) electrons. The van der Waals surface area contributed by atoms with Gasteiger partial charge in [-0.05, 0) is 30.4 Å². The number of anilines is 1. The third-order valence-corrected chi connectivity index (χ3v) is 9.48. The van der Waals surface area contributed by atoms with Crippen LogP contribution < -0.4 is 10.1 Å². The number of rotatable bonds is 4. The van der Waals surface area contributed by atoms with E-state index in [2.05, 4.69) is 67.0 Å². The van der Waals surface area contributed by atoms with Gasteiger partial charge in [-0.3, -0.25) is 4.79 Å². The molecule has 23 heavy (non-hydrogen) atoms. The Balaban J connectivity index is 1.92. The Hall–Kier alpha value is -0.0700. The minimum Gasteiger partial charge on any atom is -0.495 e. The van der Waals surface area contributed by atoms with Gasteiger partial charge in [0.25, 0.3) is 0 Å².